The van der Waals surface area contributed by atoms with Gasteiger partial charge < -0.3 is 10.8 Å². The van der Waals surface area contributed by atoms with Gasteiger partial charge in [0.15, 0.2) is 5.78 Å². The summed E-state index contributed by atoms with van der Waals surface area (Å²) in [5.41, 5.74) is 8.20. The largest absolute Gasteiger partial charge is 0.394 e. The summed E-state index contributed by atoms with van der Waals surface area (Å²) in [5, 5.41) is 8.74. The van der Waals surface area contributed by atoms with E-state index in [1.165, 1.54) is 0 Å². The van der Waals surface area contributed by atoms with Crippen LogP contribution in [0.4, 0.5) is 0 Å². The summed E-state index contributed by atoms with van der Waals surface area (Å²) in [5.74, 6) is -0.212. The molecule has 76 valence electrons. The smallest absolute Gasteiger partial charge is 0.181 e. The molecule has 1 aromatic rings. The molecule has 3 nitrogen and oxygen atoms in total. The molecule has 14 heavy (non-hydrogen) atoms. The zero-order valence-electron chi connectivity index (χ0n) is 8.45. The maximum absolute atomic E-state index is 11.6. The number of aliphatic hydroxyl groups excluding tert-OH is 1. The topological polar surface area (TPSA) is 63.3 Å². The van der Waals surface area contributed by atoms with Crippen LogP contribution in [-0.2, 0) is 0 Å². The predicted octanol–water partition coefficient (Wildman–Crippen LogP) is 0.806. The Hall–Kier alpha value is -1.19. The molecule has 3 N–H and O–H groups in total. The molecule has 0 aliphatic rings. The minimum Gasteiger partial charge on any atom is -0.394 e. The van der Waals surface area contributed by atoms with Crippen molar-refractivity contribution in [1.29, 1.82) is 0 Å². The Morgan fingerprint density at radius 1 is 1.43 bits per heavy atom. The van der Waals surface area contributed by atoms with Crippen LogP contribution in [0.2, 0.25) is 0 Å². The van der Waals surface area contributed by atoms with Gasteiger partial charge in [0, 0.05) is 5.56 Å². The molecule has 0 heterocycles. The summed E-state index contributed by atoms with van der Waals surface area (Å²) in [6.07, 6.45) is 0. The van der Waals surface area contributed by atoms with Crippen molar-refractivity contribution in [2.75, 3.05) is 6.61 Å². The van der Waals surface area contributed by atoms with E-state index < -0.39 is 6.04 Å². The summed E-state index contributed by atoms with van der Waals surface area (Å²) in [4.78, 5) is 11.6. The first-order valence-corrected chi connectivity index (χ1v) is 4.54. The summed E-state index contributed by atoms with van der Waals surface area (Å²) >= 11 is 0. The highest BCUT2D eigenvalue weighted by Gasteiger charge is 2.14. The second-order valence-electron chi connectivity index (χ2n) is 3.45. The monoisotopic (exact) mass is 193 g/mol. The van der Waals surface area contributed by atoms with E-state index in [0.717, 1.165) is 11.1 Å². The molecule has 0 bridgehead atoms. The number of hydrogen-bond donors (Lipinski definition) is 2. The summed E-state index contributed by atoms with van der Waals surface area (Å²) in [6.45, 7) is 3.61. The third-order valence-corrected chi connectivity index (χ3v) is 2.32. The van der Waals surface area contributed by atoms with Crippen LogP contribution in [0.3, 0.4) is 0 Å². The molecular formula is C11H15NO2. The first kappa shape index (κ1) is 10.9. The van der Waals surface area contributed by atoms with Crippen molar-refractivity contribution >= 4 is 5.78 Å². The van der Waals surface area contributed by atoms with Crippen LogP contribution in [0, 0.1) is 13.8 Å². The lowest BCUT2D eigenvalue weighted by Crippen LogP contribution is -2.34. The van der Waals surface area contributed by atoms with Crippen LogP contribution >= 0.6 is 0 Å². The van der Waals surface area contributed by atoms with Gasteiger partial charge in [-0.3, -0.25) is 4.79 Å². The molecule has 0 aromatic heterocycles. The highest BCUT2D eigenvalue weighted by molar-refractivity contribution is 6.00. The highest BCUT2D eigenvalue weighted by Crippen LogP contribution is 2.11. The third kappa shape index (κ3) is 2.19. The lowest BCUT2D eigenvalue weighted by atomic mass is 10.0. The van der Waals surface area contributed by atoms with Gasteiger partial charge in [0.1, 0.15) is 0 Å². The molecule has 1 atom stereocenters. The Morgan fingerprint density at radius 3 is 2.57 bits per heavy atom. The second kappa shape index (κ2) is 4.35. The van der Waals surface area contributed by atoms with Crippen molar-refractivity contribution in [2.24, 2.45) is 5.73 Å². The van der Waals surface area contributed by atoms with E-state index in [1.807, 2.05) is 19.9 Å². The van der Waals surface area contributed by atoms with Crippen molar-refractivity contribution in [3.8, 4) is 0 Å². The minimum absolute atomic E-state index is 0.212. The van der Waals surface area contributed by atoms with Crippen LogP contribution in [-0.4, -0.2) is 23.5 Å². The number of ketones is 1. The zero-order chi connectivity index (χ0) is 10.7. The van der Waals surface area contributed by atoms with Crippen molar-refractivity contribution in [3.63, 3.8) is 0 Å². The van der Waals surface area contributed by atoms with Gasteiger partial charge in [-0.05, 0) is 31.0 Å². The summed E-state index contributed by atoms with van der Waals surface area (Å²) in [7, 11) is 0. The average molecular weight is 193 g/mol. The molecule has 0 spiro atoms. The number of hydrogen-bond acceptors (Lipinski definition) is 3. The maximum Gasteiger partial charge on any atom is 0.181 e. The van der Waals surface area contributed by atoms with E-state index >= 15 is 0 Å². The Morgan fingerprint density at radius 2 is 2.07 bits per heavy atom. The van der Waals surface area contributed by atoms with Gasteiger partial charge >= 0.3 is 0 Å². The molecule has 1 rings (SSSR count). The molecule has 1 unspecified atom stereocenters. The van der Waals surface area contributed by atoms with Crippen LogP contribution < -0.4 is 5.73 Å². The maximum atomic E-state index is 11.6. The fraction of sp³-hybridized carbons (Fsp3) is 0.364. The van der Waals surface area contributed by atoms with Crippen molar-refractivity contribution in [1.82, 2.24) is 0 Å². The minimum atomic E-state index is -0.808. The fourth-order valence-electron chi connectivity index (χ4n) is 1.19. The molecule has 0 fully saturated rings. The molecule has 1 aromatic carbocycles. The van der Waals surface area contributed by atoms with E-state index in [0.29, 0.717) is 5.56 Å². The fourth-order valence-corrected chi connectivity index (χ4v) is 1.19. The molecule has 0 saturated heterocycles. The van der Waals surface area contributed by atoms with Crippen LogP contribution in [0.1, 0.15) is 21.5 Å². The number of aryl methyl sites for hydroxylation is 2. The van der Waals surface area contributed by atoms with E-state index in [2.05, 4.69) is 0 Å². The van der Waals surface area contributed by atoms with E-state index in [9.17, 15) is 4.79 Å². The number of carbonyl (C=O) groups is 1. The number of rotatable bonds is 3. The van der Waals surface area contributed by atoms with Crippen molar-refractivity contribution in [3.05, 3.63) is 34.9 Å². The number of nitrogens with two attached hydrogens (primary N) is 1. The van der Waals surface area contributed by atoms with Gasteiger partial charge in [-0.15, -0.1) is 0 Å². The van der Waals surface area contributed by atoms with E-state index in [-0.39, 0.29) is 12.4 Å². The number of carbonyl (C=O) groups excluding carboxylic acids is 1. The molecule has 0 saturated carbocycles. The lowest BCUT2D eigenvalue weighted by molar-refractivity contribution is 0.0925. The highest BCUT2D eigenvalue weighted by atomic mass is 16.3. The Kier molecular flexibility index (Phi) is 3.38. The quantitative estimate of drug-likeness (QED) is 0.698. The third-order valence-electron chi connectivity index (χ3n) is 2.32. The second-order valence-corrected chi connectivity index (χ2v) is 3.45. The standard InChI is InChI=1S/C11H15NO2/c1-7-3-4-9(5-8(7)2)11(14)10(12)6-13/h3-5,10,13H,6,12H2,1-2H3. The van der Waals surface area contributed by atoms with E-state index in [4.69, 9.17) is 10.8 Å². The van der Waals surface area contributed by atoms with Gasteiger partial charge in [0.05, 0.1) is 12.6 Å². The van der Waals surface area contributed by atoms with Crippen molar-refractivity contribution in [2.45, 2.75) is 19.9 Å². The van der Waals surface area contributed by atoms with Crippen molar-refractivity contribution < 1.29 is 9.90 Å². The molecule has 0 aliphatic carbocycles. The van der Waals surface area contributed by atoms with Gasteiger partial charge in [-0.25, -0.2) is 0 Å². The SMILES string of the molecule is Cc1ccc(C(=O)C(N)CO)cc1C. The Bertz CT molecular complexity index is 347. The number of Topliss-reactive ketones (excluding diaryl/α,β-unsaturated/α-hetero) is 1. The first-order valence-electron chi connectivity index (χ1n) is 4.54. The molecular weight excluding hydrogens is 178 g/mol. The Labute approximate surface area is 83.6 Å². The number of benzene rings is 1. The predicted molar refractivity (Wildman–Crippen MR) is 55.3 cm³/mol. The Balaban J connectivity index is 2.97. The van der Waals surface area contributed by atoms with Gasteiger partial charge in [0.2, 0.25) is 0 Å². The number of aliphatic hydroxyl groups is 1. The summed E-state index contributed by atoms with van der Waals surface area (Å²) < 4.78 is 0. The average Bonchev–Trinajstić information content (AvgIpc) is 2.20. The first-order chi connectivity index (χ1) is 6.56. The van der Waals surface area contributed by atoms with E-state index in [1.54, 1.807) is 12.1 Å². The van der Waals surface area contributed by atoms with Crippen LogP contribution in [0.25, 0.3) is 0 Å². The van der Waals surface area contributed by atoms with Gasteiger partial charge in [-0.1, -0.05) is 12.1 Å². The zero-order valence-corrected chi connectivity index (χ0v) is 8.45. The summed E-state index contributed by atoms with van der Waals surface area (Å²) in [6, 6.07) is 4.61. The normalized spacial score (nSPS) is 12.6. The molecule has 0 amide bonds. The lowest BCUT2D eigenvalue weighted by Gasteiger charge is -2.08. The van der Waals surface area contributed by atoms with Crippen LogP contribution in [0.5, 0.6) is 0 Å². The van der Waals surface area contributed by atoms with Gasteiger partial charge in [0.25, 0.3) is 0 Å². The molecule has 3 heteroatoms. The molecule has 0 radical (unpaired) electrons. The van der Waals surface area contributed by atoms with Gasteiger partial charge in [-0.2, -0.15) is 0 Å². The van der Waals surface area contributed by atoms with Crippen LogP contribution in [0.15, 0.2) is 18.2 Å². The molecule has 0 aliphatic heterocycles.